The molecular formula is C51H30N4O2. The molecule has 4 aromatic heterocycles. The van der Waals surface area contributed by atoms with Crippen molar-refractivity contribution in [3.05, 3.63) is 182 Å². The minimum absolute atomic E-state index is 0.539. The van der Waals surface area contributed by atoms with Gasteiger partial charge >= 0.3 is 0 Å². The van der Waals surface area contributed by atoms with Gasteiger partial charge in [-0.3, -0.25) is 0 Å². The van der Waals surface area contributed by atoms with Gasteiger partial charge in [0.05, 0.1) is 16.6 Å². The Kier molecular flexibility index (Phi) is 6.83. The maximum absolute atomic E-state index is 6.47. The highest BCUT2D eigenvalue weighted by Crippen LogP contribution is 2.38. The van der Waals surface area contributed by atoms with Crippen molar-refractivity contribution in [1.29, 1.82) is 0 Å². The van der Waals surface area contributed by atoms with Gasteiger partial charge in [-0.2, -0.15) is 0 Å². The van der Waals surface area contributed by atoms with Gasteiger partial charge in [-0.1, -0.05) is 103 Å². The van der Waals surface area contributed by atoms with Gasteiger partial charge in [0.2, 0.25) is 0 Å². The molecule has 0 amide bonds. The second kappa shape index (κ2) is 12.3. The first-order valence-corrected chi connectivity index (χ1v) is 19.0. The van der Waals surface area contributed by atoms with E-state index in [4.69, 9.17) is 23.8 Å². The lowest BCUT2D eigenvalue weighted by Gasteiger charge is -2.11. The summed E-state index contributed by atoms with van der Waals surface area (Å²) in [6, 6.07) is 62.9. The second-order valence-electron chi connectivity index (χ2n) is 14.4. The van der Waals surface area contributed by atoms with Crippen LogP contribution in [0.3, 0.4) is 0 Å². The fraction of sp³-hybridized carbons (Fsp3) is 0. The minimum Gasteiger partial charge on any atom is -0.456 e. The quantitative estimate of drug-likeness (QED) is 0.176. The molecular weight excluding hydrogens is 701 g/mol. The number of fused-ring (bicyclic) bond motifs is 9. The van der Waals surface area contributed by atoms with Crippen molar-refractivity contribution >= 4 is 65.7 Å². The Balaban J connectivity index is 1.02. The van der Waals surface area contributed by atoms with E-state index in [-0.39, 0.29) is 0 Å². The molecule has 0 aliphatic heterocycles. The first kappa shape index (κ1) is 31.5. The van der Waals surface area contributed by atoms with E-state index >= 15 is 0 Å². The fourth-order valence-electron chi connectivity index (χ4n) is 8.36. The highest BCUT2D eigenvalue weighted by atomic mass is 16.3. The Morgan fingerprint density at radius 3 is 1.74 bits per heavy atom. The fourth-order valence-corrected chi connectivity index (χ4v) is 8.36. The number of aromatic nitrogens is 4. The van der Waals surface area contributed by atoms with Crippen LogP contribution in [-0.4, -0.2) is 19.5 Å². The van der Waals surface area contributed by atoms with Crippen molar-refractivity contribution in [3.8, 4) is 51.0 Å². The summed E-state index contributed by atoms with van der Waals surface area (Å²) in [6.45, 7) is 0. The number of hydrogen-bond donors (Lipinski definition) is 0. The summed E-state index contributed by atoms with van der Waals surface area (Å²) >= 11 is 0. The zero-order valence-electron chi connectivity index (χ0n) is 30.4. The summed E-state index contributed by atoms with van der Waals surface area (Å²) in [5.41, 5.74) is 11.5. The monoisotopic (exact) mass is 730 g/mol. The molecule has 4 heterocycles. The van der Waals surface area contributed by atoms with Gasteiger partial charge in [0, 0.05) is 49.1 Å². The Hall–Kier alpha value is -7.83. The number of para-hydroxylation sites is 4. The Morgan fingerprint density at radius 2 is 0.912 bits per heavy atom. The second-order valence-corrected chi connectivity index (χ2v) is 14.4. The summed E-state index contributed by atoms with van der Waals surface area (Å²) in [7, 11) is 0. The number of rotatable bonds is 5. The molecule has 0 N–H and O–H groups in total. The summed E-state index contributed by atoms with van der Waals surface area (Å²) in [5, 5.41) is 6.56. The van der Waals surface area contributed by atoms with Gasteiger partial charge < -0.3 is 13.4 Å². The zero-order valence-corrected chi connectivity index (χ0v) is 30.4. The first-order chi connectivity index (χ1) is 28.2. The van der Waals surface area contributed by atoms with Crippen LogP contribution in [0.15, 0.2) is 191 Å². The third-order valence-corrected chi connectivity index (χ3v) is 11.1. The zero-order chi connectivity index (χ0) is 37.5. The molecule has 6 nitrogen and oxygen atoms in total. The minimum atomic E-state index is 0.539. The standard InChI is InChI=1S/C51H30N4O2/c1-2-11-31(12-3-1)33-23-27-44-41(29-33)36-13-4-7-18-43(36)55(44)35-25-21-32(22-26-35)49-52-50(34-24-28-47-42(30-34)38-15-6-8-19-45(38)56-47)54-51(53-49)40-17-10-16-39-37-14-5-9-20-46(37)57-48(39)40/h1-30H. The van der Waals surface area contributed by atoms with E-state index in [1.165, 1.54) is 21.9 Å². The third kappa shape index (κ3) is 5.01. The van der Waals surface area contributed by atoms with Crippen LogP contribution in [0.5, 0.6) is 0 Å². The molecule has 12 rings (SSSR count). The molecule has 0 fully saturated rings. The van der Waals surface area contributed by atoms with Gasteiger partial charge in [-0.15, -0.1) is 0 Å². The third-order valence-electron chi connectivity index (χ3n) is 11.1. The molecule has 0 atom stereocenters. The molecule has 57 heavy (non-hydrogen) atoms. The van der Waals surface area contributed by atoms with E-state index in [9.17, 15) is 0 Å². The SMILES string of the molecule is c1ccc(-c2ccc3c(c2)c2ccccc2n3-c2ccc(-c3nc(-c4ccc5oc6ccccc6c5c4)nc(-c4cccc5c4oc4ccccc45)n3)cc2)cc1. The number of hydrogen-bond acceptors (Lipinski definition) is 5. The Bertz CT molecular complexity index is 3520. The molecule has 0 saturated carbocycles. The van der Waals surface area contributed by atoms with Crippen LogP contribution in [0, 0.1) is 0 Å². The number of nitrogens with zero attached hydrogens (tertiary/aromatic N) is 4. The molecule has 0 aliphatic carbocycles. The lowest BCUT2D eigenvalue weighted by atomic mass is 10.0. The summed E-state index contributed by atoms with van der Waals surface area (Å²) in [6.07, 6.45) is 0. The molecule has 8 aromatic carbocycles. The average molecular weight is 731 g/mol. The molecule has 0 saturated heterocycles. The van der Waals surface area contributed by atoms with Crippen molar-refractivity contribution in [2.75, 3.05) is 0 Å². The van der Waals surface area contributed by atoms with Gasteiger partial charge in [0.25, 0.3) is 0 Å². The largest absolute Gasteiger partial charge is 0.456 e. The molecule has 6 heteroatoms. The predicted molar refractivity (Wildman–Crippen MR) is 230 cm³/mol. The Labute approximate surface area is 325 Å². The highest BCUT2D eigenvalue weighted by Gasteiger charge is 2.19. The number of furan rings is 2. The van der Waals surface area contributed by atoms with E-state index < -0.39 is 0 Å². The molecule has 266 valence electrons. The van der Waals surface area contributed by atoms with Crippen molar-refractivity contribution in [3.63, 3.8) is 0 Å². The van der Waals surface area contributed by atoms with Crippen molar-refractivity contribution < 1.29 is 8.83 Å². The van der Waals surface area contributed by atoms with Crippen LogP contribution in [0.1, 0.15) is 0 Å². The van der Waals surface area contributed by atoms with Crippen molar-refractivity contribution in [1.82, 2.24) is 19.5 Å². The molecule has 0 unspecified atom stereocenters. The molecule has 0 spiro atoms. The maximum atomic E-state index is 6.47. The van der Waals surface area contributed by atoms with Crippen LogP contribution >= 0.6 is 0 Å². The smallest absolute Gasteiger partial charge is 0.167 e. The first-order valence-electron chi connectivity index (χ1n) is 19.0. The molecule has 0 radical (unpaired) electrons. The van der Waals surface area contributed by atoms with Crippen LogP contribution < -0.4 is 0 Å². The van der Waals surface area contributed by atoms with Crippen molar-refractivity contribution in [2.45, 2.75) is 0 Å². The van der Waals surface area contributed by atoms with Gasteiger partial charge in [-0.05, 0) is 90.0 Å². The lowest BCUT2D eigenvalue weighted by Crippen LogP contribution is -2.01. The summed E-state index contributed by atoms with van der Waals surface area (Å²) < 4.78 is 15.0. The predicted octanol–water partition coefficient (Wildman–Crippen LogP) is 13.4. The van der Waals surface area contributed by atoms with Gasteiger partial charge in [0.1, 0.15) is 22.3 Å². The summed E-state index contributed by atoms with van der Waals surface area (Å²) in [5.74, 6) is 1.68. The van der Waals surface area contributed by atoms with Gasteiger partial charge in [0.15, 0.2) is 17.5 Å². The van der Waals surface area contributed by atoms with E-state index in [0.717, 1.165) is 77.3 Å². The maximum Gasteiger partial charge on any atom is 0.167 e. The van der Waals surface area contributed by atoms with Crippen LogP contribution in [-0.2, 0) is 0 Å². The highest BCUT2D eigenvalue weighted by molar-refractivity contribution is 6.11. The number of benzene rings is 8. The molecule has 0 bridgehead atoms. The summed E-state index contributed by atoms with van der Waals surface area (Å²) in [4.78, 5) is 15.4. The Morgan fingerprint density at radius 1 is 0.333 bits per heavy atom. The topological polar surface area (TPSA) is 69.9 Å². The van der Waals surface area contributed by atoms with Gasteiger partial charge in [-0.25, -0.2) is 15.0 Å². The van der Waals surface area contributed by atoms with E-state index in [0.29, 0.717) is 17.5 Å². The van der Waals surface area contributed by atoms with Crippen LogP contribution in [0.4, 0.5) is 0 Å². The molecule has 0 aliphatic rings. The lowest BCUT2D eigenvalue weighted by molar-refractivity contribution is 0.669. The van der Waals surface area contributed by atoms with E-state index in [1.54, 1.807) is 0 Å². The molecule has 12 aromatic rings. The van der Waals surface area contributed by atoms with Crippen molar-refractivity contribution in [2.24, 2.45) is 0 Å². The van der Waals surface area contributed by atoms with Crippen LogP contribution in [0.25, 0.3) is 117 Å². The van der Waals surface area contributed by atoms with Crippen LogP contribution in [0.2, 0.25) is 0 Å². The average Bonchev–Trinajstić information content (AvgIpc) is 3.96. The normalized spacial score (nSPS) is 11.9. The van der Waals surface area contributed by atoms with E-state index in [2.05, 4.69) is 126 Å². The van der Waals surface area contributed by atoms with E-state index in [1.807, 2.05) is 60.7 Å².